The summed E-state index contributed by atoms with van der Waals surface area (Å²) in [5.74, 6) is 1.20. The maximum atomic E-state index is 7.68. The monoisotopic (exact) mass is 277 g/mol. The van der Waals surface area contributed by atoms with Crippen LogP contribution in [-0.4, -0.2) is 10.8 Å². The van der Waals surface area contributed by atoms with E-state index in [9.17, 15) is 0 Å². The number of nitrogens with one attached hydrogen (secondary N) is 1. The molecule has 0 atom stereocenters. The van der Waals surface area contributed by atoms with Gasteiger partial charge in [-0.25, -0.2) is 0 Å². The molecule has 0 aliphatic heterocycles. The first-order valence-corrected chi connectivity index (χ1v) is 6.62. The number of nitrogens with zero attached hydrogens (tertiary/aromatic N) is 1. The number of para-hydroxylation sites is 1. The van der Waals surface area contributed by atoms with E-state index in [4.69, 9.17) is 15.9 Å². The van der Waals surface area contributed by atoms with Crippen molar-refractivity contribution in [2.45, 2.75) is 6.92 Å². The van der Waals surface area contributed by atoms with Gasteiger partial charge in [-0.05, 0) is 31.2 Å². The zero-order valence-corrected chi connectivity index (χ0v) is 11.6. The van der Waals surface area contributed by atoms with Crippen LogP contribution in [0.1, 0.15) is 11.1 Å². The second-order valence-electron chi connectivity index (χ2n) is 4.85. The summed E-state index contributed by atoms with van der Waals surface area (Å²) in [7, 11) is 0. The van der Waals surface area contributed by atoms with Crippen LogP contribution in [0.4, 0.5) is 0 Å². The molecule has 0 unspecified atom stereocenters. The van der Waals surface area contributed by atoms with Crippen LogP contribution in [0.15, 0.2) is 54.7 Å². The number of hydrogen-bond acceptors (Lipinski definition) is 3. The van der Waals surface area contributed by atoms with Crippen LogP contribution in [0.5, 0.6) is 11.5 Å². The Balaban J connectivity index is 2.09. The quantitative estimate of drug-likeness (QED) is 0.567. The molecule has 0 spiro atoms. The summed E-state index contributed by atoms with van der Waals surface area (Å²) in [5, 5.41) is 8.69. The highest BCUT2D eigenvalue weighted by Gasteiger charge is 2.10. The number of aromatic nitrogens is 1. The minimum atomic E-state index is -0.0121. The molecule has 104 valence electrons. The van der Waals surface area contributed by atoms with Crippen molar-refractivity contribution >= 4 is 16.7 Å². The van der Waals surface area contributed by atoms with Crippen molar-refractivity contribution in [3.05, 3.63) is 65.9 Å². The lowest BCUT2D eigenvalue weighted by atomic mass is 10.1. The molecule has 2 aromatic carbocycles. The summed E-state index contributed by atoms with van der Waals surface area (Å²) >= 11 is 0. The minimum absolute atomic E-state index is 0.0121. The Labute approximate surface area is 122 Å². The fourth-order valence-electron chi connectivity index (χ4n) is 2.22. The molecule has 3 aromatic rings. The van der Waals surface area contributed by atoms with Gasteiger partial charge in [0.2, 0.25) is 0 Å². The standard InChI is InChI=1S/C17H15N3O/c1-11-7-8-14(13(10-11)17(18)19)21-15-6-2-4-12-5-3-9-20-16(12)15/h2-10H,1H3,(H3,18,19). The number of ether oxygens (including phenoxy) is 1. The molecule has 0 aliphatic carbocycles. The second-order valence-corrected chi connectivity index (χ2v) is 4.85. The van der Waals surface area contributed by atoms with E-state index in [0.29, 0.717) is 17.1 Å². The van der Waals surface area contributed by atoms with Gasteiger partial charge in [-0.3, -0.25) is 10.4 Å². The highest BCUT2D eigenvalue weighted by molar-refractivity contribution is 5.98. The van der Waals surface area contributed by atoms with E-state index in [-0.39, 0.29) is 5.84 Å². The maximum absolute atomic E-state index is 7.68. The Hall–Kier alpha value is -2.88. The summed E-state index contributed by atoms with van der Waals surface area (Å²) < 4.78 is 5.96. The van der Waals surface area contributed by atoms with E-state index in [2.05, 4.69) is 4.98 Å². The molecule has 0 amide bonds. The molecule has 3 rings (SSSR count). The van der Waals surface area contributed by atoms with Gasteiger partial charge < -0.3 is 10.5 Å². The van der Waals surface area contributed by atoms with Gasteiger partial charge in [0.25, 0.3) is 0 Å². The third-order valence-electron chi connectivity index (χ3n) is 3.24. The molecule has 4 nitrogen and oxygen atoms in total. The molecule has 0 radical (unpaired) electrons. The number of amidine groups is 1. The molecular formula is C17H15N3O. The number of nitrogen functional groups attached to an aromatic ring is 1. The van der Waals surface area contributed by atoms with Gasteiger partial charge in [0.1, 0.15) is 17.1 Å². The van der Waals surface area contributed by atoms with Crippen molar-refractivity contribution in [1.29, 1.82) is 5.41 Å². The lowest BCUT2D eigenvalue weighted by Gasteiger charge is -2.12. The summed E-state index contributed by atoms with van der Waals surface area (Å²) in [5.41, 5.74) is 8.04. The van der Waals surface area contributed by atoms with Crippen LogP contribution in [0, 0.1) is 12.3 Å². The van der Waals surface area contributed by atoms with Crippen LogP contribution in [0.25, 0.3) is 10.9 Å². The number of rotatable bonds is 3. The number of pyridine rings is 1. The summed E-state index contributed by atoms with van der Waals surface area (Å²) in [4.78, 5) is 4.36. The number of nitrogens with two attached hydrogens (primary N) is 1. The van der Waals surface area contributed by atoms with Crippen molar-refractivity contribution in [2.24, 2.45) is 5.73 Å². The molecule has 21 heavy (non-hydrogen) atoms. The smallest absolute Gasteiger partial charge is 0.153 e. The number of benzene rings is 2. The Morgan fingerprint density at radius 3 is 2.71 bits per heavy atom. The predicted octanol–water partition coefficient (Wildman–Crippen LogP) is 3.62. The Morgan fingerprint density at radius 2 is 1.90 bits per heavy atom. The fraction of sp³-hybridized carbons (Fsp3) is 0.0588. The van der Waals surface area contributed by atoms with Crippen molar-refractivity contribution in [1.82, 2.24) is 4.98 Å². The lowest BCUT2D eigenvalue weighted by Crippen LogP contribution is -2.12. The van der Waals surface area contributed by atoms with E-state index >= 15 is 0 Å². The first-order valence-electron chi connectivity index (χ1n) is 6.62. The summed E-state index contributed by atoms with van der Waals surface area (Å²) in [6.07, 6.45) is 1.73. The van der Waals surface area contributed by atoms with Gasteiger partial charge in [0, 0.05) is 11.6 Å². The van der Waals surface area contributed by atoms with E-state index in [1.54, 1.807) is 6.20 Å². The molecule has 1 heterocycles. The highest BCUT2D eigenvalue weighted by Crippen LogP contribution is 2.30. The Morgan fingerprint density at radius 1 is 1.10 bits per heavy atom. The van der Waals surface area contributed by atoms with Crippen molar-refractivity contribution in [3.63, 3.8) is 0 Å². The molecule has 3 N–H and O–H groups in total. The normalized spacial score (nSPS) is 10.5. The second kappa shape index (κ2) is 5.25. The maximum Gasteiger partial charge on any atom is 0.153 e. The lowest BCUT2D eigenvalue weighted by molar-refractivity contribution is 0.486. The molecule has 0 saturated carbocycles. The van der Waals surface area contributed by atoms with E-state index in [1.165, 1.54) is 0 Å². The molecule has 0 bridgehead atoms. The van der Waals surface area contributed by atoms with Gasteiger partial charge in [-0.15, -0.1) is 0 Å². The van der Waals surface area contributed by atoms with E-state index in [0.717, 1.165) is 16.5 Å². The average molecular weight is 277 g/mol. The molecular weight excluding hydrogens is 262 g/mol. The Bertz CT molecular complexity index is 822. The molecule has 1 aromatic heterocycles. The highest BCUT2D eigenvalue weighted by atomic mass is 16.5. The SMILES string of the molecule is Cc1ccc(Oc2cccc3cccnc23)c(C(=N)N)c1. The van der Waals surface area contributed by atoms with Gasteiger partial charge in [-0.1, -0.05) is 29.8 Å². The molecule has 0 aliphatic rings. The van der Waals surface area contributed by atoms with Crippen LogP contribution >= 0.6 is 0 Å². The topological polar surface area (TPSA) is 72.0 Å². The largest absolute Gasteiger partial charge is 0.454 e. The van der Waals surface area contributed by atoms with Crippen LogP contribution in [0.2, 0.25) is 0 Å². The van der Waals surface area contributed by atoms with E-state index in [1.807, 2.05) is 55.5 Å². The van der Waals surface area contributed by atoms with Crippen molar-refractivity contribution in [2.75, 3.05) is 0 Å². The number of aryl methyl sites for hydroxylation is 1. The zero-order valence-electron chi connectivity index (χ0n) is 11.6. The van der Waals surface area contributed by atoms with Crippen molar-refractivity contribution in [3.8, 4) is 11.5 Å². The van der Waals surface area contributed by atoms with Gasteiger partial charge in [0.05, 0.1) is 5.56 Å². The van der Waals surface area contributed by atoms with Crippen molar-refractivity contribution < 1.29 is 4.74 Å². The Kier molecular flexibility index (Phi) is 3.28. The van der Waals surface area contributed by atoms with Crippen LogP contribution < -0.4 is 10.5 Å². The first-order chi connectivity index (χ1) is 10.1. The van der Waals surface area contributed by atoms with E-state index < -0.39 is 0 Å². The van der Waals surface area contributed by atoms with Gasteiger partial charge >= 0.3 is 0 Å². The fourth-order valence-corrected chi connectivity index (χ4v) is 2.22. The molecule has 0 saturated heterocycles. The van der Waals surface area contributed by atoms with Gasteiger partial charge in [0.15, 0.2) is 5.75 Å². The summed E-state index contributed by atoms with van der Waals surface area (Å²) in [6.45, 7) is 1.95. The van der Waals surface area contributed by atoms with Crippen LogP contribution in [-0.2, 0) is 0 Å². The molecule has 0 fully saturated rings. The minimum Gasteiger partial charge on any atom is -0.454 e. The number of fused-ring (bicyclic) bond motifs is 1. The number of hydrogen-bond donors (Lipinski definition) is 2. The predicted molar refractivity (Wildman–Crippen MR) is 84.0 cm³/mol. The summed E-state index contributed by atoms with van der Waals surface area (Å²) in [6, 6.07) is 15.2. The third kappa shape index (κ3) is 2.56. The third-order valence-corrected chi connectivity index (χ3v) is 3.24. The first kappa shape index (κ1) is 13.1. The molecule has 4 heteroatoms. The average Bonchev–Trinajstić information content (AvgIpc) is 2.49. The van der Waals surface area contributed by atoms with Gasteiger partial charge in [-0.2, -0.15) is 0 Å². The van der Waals surface area contributed by atoms with Crippen LogP contribution in [0.3, 0.4) is 0 Å². The zero-order chi connectivity index (χ0) is 14.8.